The monoisotopic (exact) mass is 502 g/mol. The van der Waals surface area contributed by atoms with Crippen LogP contribution in [-0.2, 0) is 16.1 Å². The molecule has 1 unspecified atom stereocenters. The smallest absolute Gasteiger partial charge is 0.267 e. The van der Waals surface area contributed by atoms with Crippen LogP contribution in [-0.4, -0.2) is 29.0 Å². The Morgan fingerprint density at radius 2 is 1.77 bits per heavy atom. The molecule has 0 aliphatic heterocycles. The van der Waals surface area contributed by atoms with Crippen LogP contribution in [0.25, 0.3) is 0 Å². The number of ketones is 1. The van der Waals surface area contributed by atoms with Gasteiger partial charge in [0, 0.05) is 30.4 Å². The van der Waals surface area contributed by atoms with Crippen LogP contribution in [0, 0.1) is 24.4 Å². The molecule has 3 aromatic rings. The summed E-state index contributed by atoms with van der Waals surface area (Å²) in [5.74, 6) is -3.98. The molecular weight excluding hydrogens is 477 g/mol. The van der Waals surface area contributed by atoms with Crippen LogP contribution in [0.4, 0.5) is 13.2 Å². The second kappa shape index (κ2) is 12.5. The van der Waals surface area contributed by atoms with E-state index in [4.69, 9.17) is 10.5 Å². The third kappa shape index (κ3) is 7.16. The third-order valence-electron chi connectivity index (χ3n) is 5.33. The van der Waals surface area contributed by atoms with Crippen LogP contribution < -0.4 is 5.73 Å². The van der Waals surface area contributed by atoms with Crippen LogP contribution in [0.5, 0.6) is 0 Å². The molecule has 0 aliphatic rings. The maximum absolute atomic E-state index is 14.7. The van der Waals surface area contributed by atoms with Crippen molar-refractivity contribution in [2.45, 2.75) is 31.6 Å². The van der Waals surface area contributed by atoms with E-state index in [1.807, 2.05) is 30.3 Å². The molecule has 0 spiro atoms. The highest BCUT2D eigenvalue weighted by atomic mass is 32.2. The lowest BCUT2D eigenvalue weighted by molar-refractivity contribution is -0.119. The first kappa shape index (κ1) is 26.4. The molecule has 1 aromatic heterocycles. The number of aromatic nitrogens is 1. The highest BCUT2D eigenvalue weighted by molar-refractivity contribution is 7.99. The van der Waals surface area contributed by atoms with Gasteiger partial charge < -0.3 is 10.5 Å². The van der Waals surface area contributed by atoms with E-state index >= 15 is 0 Å². The number of aryl methyl sites for hydroxylation is 1. The van der Waals surface area contributed by atoms with Crippen molar-refractivity contribution in [3.8, 4) is 0 Å². The van der Waals surface area contributed by atoms with Crippen molar-refractivity contribution in [1.82, 2.24) is 4.98 Å². The Morgan fingerprint density at radius 1 is 1.06 bits per heavy atom. The van der Waals surface area contributed by atoms with Gasteiger partial charge in [-0.3, -0.25) is 14.6 Å². The molecule has 2 aromatic carbocycles. The molecule has 9 heteroatoms. The van der Waals surface area contributed by atoms with Gasteiger partial charge in [-0.25, -0.2) is 13.2 Å². The first-order chi connectivity index (χ1) is 16.8. The van der Waals surface area contributed by atoms with Gasteiger partial charge in [-0.05, 0) is 41.8 Å². The molecule has 1 heterocycles. The Kier molecular flexibility index (Phi) is 9.45. The molecule has 0 aliphatic carbocycles. The van der Waals surface area contributed by atoms with Gasteiger partial charge in [0.2, 0.25) is 0 Å². The summed E-state index contributed by atoms with van der Waals surface area (Å²) in [7, 11) is 0. The van der Waals surface area contributed by atoms with Crippen molar-refractivity contribution in [3.63, 3.8) is 0 Å². The number of carbonyl (C=O) groups is 2. The molecule has 0 radical (unpaired) electrons. The van der Waals surface area contributed by atoms with E-state index in [-0.39, 0.29) is 36.7 Å². The Labute approximate surface area is 205 Å². The lowest BCUT2D eigenvalue weighted by Crippen LogP contribution is -2.15. The number of thioether (sulfide) groups is 1. The fourth-order valence-corrected chi connectivity index (χ4v) is 4.84. The molecule has 0 fully saturated rings. The second-order valence-corrected chi connectivity index (χ2v) is 9.09. The molecule has 0 saturated heterocycles. The number of halogens is 3. The van der Waals surface area contributed by atoms with Crippen LogP contribution in [0.3, 0.4) is 0 Å². The summed E-state index contributed by atoms with van der Waals surface area (Å²) in [6, 6.07) is 12.6. The number of nitrogens with two attached hydrogens (primary N) is 1. The number of Topliss-reactive ketones (excluding diaryl/α,β-unsaturated/α-hetero) is 1. The zero-order chi connectivity index (χ0) is 25.4. The lowest BCUT2D eigenvalue weighted by atomic mass is 10.00. The summed E-state index contributed by atoms with van der Waals surface area (Å²) >= 11 is 1.09. The number of hydrogen-bond donors (Lipinski definition) is 1. The minimum atomic E-state index is -1.30. The highest BCUT2D eigenvalue weighted by Gasteiger charge is 2.27. The molecule has 184 valence electrons. The van der Waals surface area contributed by atoms with Crippen molar-refractivity contribution in [2.24, 2.45) is 5.73 Å². The number of primary amides is 1. The number of nitrogens with zero attached hydrogens (tertiary/aromatic N) is 1. The molecule has 0 saturated carbocycles. The number of carbonyl (C=O) groups excluding carboxylic acids is 2. The minimum absolute atomic E-state index is 0.000802. The normalized spacial score (nSPS) is 11.9. The largest absolute Gasteiger partial charge is 0.376 e. The van der Waals surface area contributed by atoms with Gasteiger partial charge in [-0.1, -0.05) is 30.3 Å². The third-order valence-corrected chi connectivity index (χ3v) is 6.59. The van der Waals surface area contributed by atoms with Gasteiger partial charge in [-0.15, -0.1) is 11.8 Å². The SMILES string of the molecule is Cc1cc(C(N)=O)ncc1C(SCCC(=O)CCOCc1ccccc1)c1c(F)ccc(F)c1F. The molecule has 2 N–H and O–H groups in total. The molecule has 3 rings (SSSR count). The van der Waals surface area contributed by atoms with Crippen molar-refractivity contribution in [2.75, 3.05) is 12.4 Å². The Hall–Kier alpha value is -3.17. The predicted octanol–water partition coefficient (Wildman–Crippen LogP) is 5.29. The van der Waals surface area contributed by atoms with Gasteiger partial charge in [0.15, 0.2) is 11.6 Å². The van der Waals surface area contributed by atoms with Crippen molar-refractivity contribution in [3.05, 3.63) is 100 Å². The summed E-state index contributed by atoms with van der Waals surface area (Å²) in [5, 5.41) is -0.984. The van der Waals surface area contributed by atoms with Crippen LogP contribution in [0.1, 0.15) is 50.8 Å². The van der Waals surface area contributed by atoms with E-state index in [2.05, 4.69) is 4.98 Å². The van der Waals surface area contributed by atoms with E-state index < -0.39 is 34.2 Å². The topological polar surface area (TPSA) is 82.3 Å². The summed E-state index contributed by atoms with van der Waals surface area (Å²) in [4.78, 5) is 27.7. The summed E-state index contributed by atoms with van der Waals surface area (Å²) in [6.07, 6.45) is 1.64. The maximum atomic E-state index is 14.7. The number of benzene rings is 2. The number of amides is 1. The fraction of sp³-hybridized carbons (Fsp3) is 0.269. The highest BCUT2D eigenvalue weighted by Crippen LogP contribution is 2.40. The van der Waals surface area contributed by atoms with E-state index in [0.717, 1.165) is 29.5 Å². The zero-order valence-electron chi connectivity index (χ0n) is 19.1. The molecule has 1 amide bonds. The average molecular weight is 503 g/mol. The zero-order valence-corrected chi connectivity index (χ0v) is 19.9. The summed E-state index contributed by atoms with van der Waals surface area (Å²) in [5.41, 5.74) is 6.70. The summed E-state index contributed by atoms with van der Waals surface area (Å²) < 4.78 is 48.8. The molecule has 0 bridgehead atoms. The molecule has 1 atom stereocenters. The van der Waals surface area contributed by atoms with Crippen LogP contribution >= 0.6 is 11.8 Å². The van der Waals surface area contributed by atoms with Gasteiger partial charge in [0.05, 0.1) is 18.5 Å². The Bertz CT molecular complexity index is 1190. The fourth-order valence-electron chi connectivity index (χ4n) is 3.45. The van der Waals surface area contributed by atoms with E-state index in [1.165, 1.54) is 12.3 Å². The predicted molar refractivity (Wildman–Crippen MR) is 128 cm³/mol. The Balaban J connectivity index is 1.67. The van der Waals surface area contributed by atoms with Crippen LogP contribution in [0.15, 0.2) is 54.7 Å². The quantitative estimate of drug-likeness (QED) is 0.269. The van der Waals surface area contributed by atoms with E-state index in [1.54, 1.807) is 6.92 Å². The Morgan fingerprint density at radius 3 is 2.46 bits per heavy atom. The standard InChI is InChI=1S/C26H25F3N2O3S/c1-16-13-22(26(30)33)31-14-19(16)25(23-20(27)7-8-21(28)24(23)29)35-12-10-18(32)9-11-34-15-17-5-3-2-4-6-17/h2-8,13-14,25H,9-12,15H2,1H3,(H2,30,33). The van der Waals surface area contributed by atoms with Gasteiger partial charge in [0.1, 0.15) is 17.3 Å². The first-order valence-electron chi connectivity index (χ1n) is 10.9. The van der Waals surface area contributed by atoms with Gasteiger partial charge in [0.25, 0.3) is 5.91 Å². The van der Waals surface area contributed by atoms with Gasteiger partial charge >= 0.3 is 0 Å². The number of ether oxygens (including phenoxy) is 1. The summed E-state index contributed by atoms with van der Waals surface area (Å²) in [6.45, 7) is 2.30. The number of rotatable bonds is 12. The molecular formula is C26H25F3N2O3S. The van der Waals surface area contributed by atoms with Crippen molar-refractivity contribution >= 4 is 23.5 Å². The lowest BCUT2D eigenvalue weighted by Gasteiger charge is -2.21. The maximum Gasteiger partial charge on any atom is 0.267 e. The first-order valence-corrected chi connectivity index (χ1v) is 12.0. The number of pyridine rings is 1. The molecule has 35 heavy (non-hydrogen) atoms. The van der Waals surface area contributed by atoms with Gasteiger partial charge in [-0.2, -0.15) is 0 Å². The molecule has 5 nitrogen and oxygen atoms in total. The van der Waals surface area contributed by atoms with E-state index in [0.29, 0.717) is 17.7 Å². The number of hydrogen-bond acceptors (Lipinski definition) is 5. The van der Waals surface area contributed by atoms with Crippen molar-refractivity contribution < 1.29 is 27.5 Å². The van der Waals surface area contributed by atoms with Crippen molar-refractivity contribution in [1.29, 1.82) is 0 Å². The van der Waals surface area contributed by atoms with Crippen LogP contribution in [0.2, 0.25) is 0 Å². The van der Waals surface area contributed by atoms with E-state index in [9.17, 15) is 22.8 Å². The minimum Gasteiger partial charge on any atom is -0.376 e. The second-order valence-electron chi connectivity index (χ2n) is 7.87. The average Bonchev–Trinajstić information content (AvgIpc) is 2.84.